The van der Waals surface area contributed by atoms with E-state index in [2.05, 4.69) is 5.10 Å². The zero-order chi connectivity index (χ0) is 17.0. The average molecular weight is 325 g/mol. The number of amides is 1. The first kappa shape index (κ1) is 17.7. The SMILES string of the molecule is Cn1nccc1CCC(O)C1COCCN1C(=O)OC(C)(C)C. The maximum Gasteiger partial charge on any atom is 0.410 e. The first-order valence-electron chi connectivity index (χ1n) is 8.00. The van der Waals surface area contributed by atoms with Gasteiger partial charge in [-0.15, -0.1) is 0 Å². The number of aromatic nitrogens is 2. The van der Waals surface area contributed by atoms with Crippen molar-refractivity contribution in [2.24, 2.45) is 7.05 Å². The zero-order valence-corrected chi connectivity index (χ0v) is 14.4. The summed E-state index contributed by atoms with van der Waals surface area (Å²) in [6, 6.07) is 1.54. The van der Waals surface area contributed by atoms with Crippen LogP contribution in [0.1, 0.15) is 32.9 Å². The highest BCUT2D eigenvalue weighted by Gasteiger charge is 2.35. The molecular formula is C16H27N3O4. The van der Waals surface area contributed by atoms with Gasteiger partial charge < -0.3 is 14.6 Å². The first-order chi connectivity index (χ1) is 10.8. The highest BCUT2D eigenvalue weighted by atomic mass is 16.6. The van der Waals surface area contributed by atoms with Crippen LogP contribution in [-0.4, -0.2) is 63.4 Å². The van der Waals surface area contributed by atoms with Crippen LogP contribution in [0.25, 0.3) is 0 Å². The van der Waals surface area contributed by atoms with E-state index in [1.807, 2.05) is 33.9 Å². The molecule has 1 aromatic rings. The lowest BCUT2D eigenvalue weighted by atomic mass is 10.0. The Morgan fingerprint density at radius 1 is 1.57 bits per heavy atom. The second kappa shape index (κ2) is 7.31. The van der Waals surface area contributed by atoms with Crippen LogP contribution >= 0.6 is 0 Å². The Kier molecular flexibility index (Phi) is 5.64. The van der Waals surface area contributed by atoms with E-state index < -0.39 is 17.8 Å². The van der Waals surface area contributed by atoms with Crippen molar-refractivity contribution in [1.82, 2.24) is 14.7 Å². The van der Waals surface area contributed by atoms with Gasteiger partial charge in [0, 0.05) is 25.5 Å². The van der Waals surface area contributed by atoms with E-state index in [1.165, 1.54) is 0 Å². The topological polar surface area (TPSA) is 76.8 Å². The molecule has 0 bridgehead atoms. The van der Waals surface area contributed by atoms with Crippen LogP contribution in [0.3, 0.4) is 0 Å². The number of carbonyl (C=O) groups excluding carboxylic acids is 1. The molecule has 23 heavy (non-hydrogen) atoms. The van der Waals surface area contributed by atoms with Crippen LogP contribution in [0.4, 0.5) is 4.79 Å². The van der Waals surface area contributed by atoms with Gasteiger partial charge in [-0.2, -0.15) is 5.10 Å². The fraction of sp³-hybridized carbons (Fsp3) is 0.750. The molecule has 130 valence electrons. The van der Waals surface area contributed by atoms with Crippen molar-refractivity contribution < 1.29 is 19.4 Å². The number of ether oxygens (including phenoxy) is 2. The first-order valence-corrected chi connectivity index (χ1v) is 8.00. The Labute approximate surface area is 137 Å². The van der Waals surface area contributed by atoms with Crippen LogP contribution < -0.4 is 0 Å². The number of carbonyl (C=O) groups is 1. The number of aryl methyl sites for hydroxylation is 2. The number of rotatable bonds is 4. The van der Waals surface area contributed by atoms with Gasteiger partial charge in [0.25, 0.3) is 0 Å². The van der Waals surface area contributed by atoms with Gasteiger partial charge in [0.1, 0.15) is 5.60 Å². The van der Waals surface area contributed by atoms with Crippen molar-refractivity contribution in [3.05, 3.63) is 18.0 Å². The summed E-state index contributed by atoms with van der Waals surface area (Å²) in [5.41, 5.74) is 0.490. The van der Waals surface area contributed by atoms with Crippen molar-refractivity contribution in [2.45, 2.75) is 51.4 Å². The molecule has 1 amide bonds. The third-order valence-electron chi connectivity index (χ3n) is 3.86. The molecule has 0 aromatic carbocycles. The van der Waals surface area contributed by atoms with E-state index in [9.17, 15) is 9.90 Å². The van der Waals surface area contributed by atoms with Crippen LogP contribution in [0.5, 0.6) is 0 Å². The van der Waals surface area contributed by atoms with Gasteiger partial charge in [-0.1, -0.05) is 0 Å². The van der Waals surface area contributed by atoms with Crippen LogP contribution in [0, 0.1) is 0 Å². The van der Waals surface area contributed by atoms with E-state index in [-0.39, 0.29) is 6.04 Å². The molecule has 1 aliphatic heterocycles. The molecule has 1 aromatic heterocycles. The Balaban J connectivity index is 1.96. The number of morpholine rings is 1. The zero-order valence-electron chi connectivity index (χ0n) is 14.4. The largest absolute Gasteiger partial charge is 0.444 e. The molecule has 0 saturated carbocycles. The maximum absolute atomic E-state index is 12.3. The van der Waals surface area contributed by atoms with Crippen molar-refractivity contribution in [3.8, 4) is 0 Å². The van der Waals surface area contributed by atoms with Crippen LogP contribution in [0.2, 0.25) is 0 Å². The molecule has 2 rings (SSSR count). The lowest BCUT2D eigenvalue weighted by molar-refractivity contribution is -0.0677. The molecule has 0 spiro atoms. The Bertz CT molecular complexity index is 524. The van der Waals surface area contributed by atoms with E-state index >= 15 is 0 Å². The molecule has 1 N–H and O–H groups in total. The minimum Gasteiger partial charge on any atom is -0.444 e. The standard InChI is InChI=1S/C16H27N3O4/c1-16(2,3)23-15(21)19-9-10-22-11-13(19)14(20)6-5-12-7-8-17-18(12)4/h7-8,13-14,20H,5-6,9-11H2,1-4H3. The third-order valence-corrected chi connectivity index (χ3v) is 3.86. The smallest absolute Gasteiger partial charge is 0.410 e. The monoisotopic (exact) mass is 325 g/mol. The fourth-order valence-electron chi connectivity index (χ4n) is 2.62. The second-order valence-corrected chi connectivity index (χ2v) is 6.87. The van der Waals surface area contributed by atoms with E-state index in [4.69, 9.17) is 9.47 Å². The summed E-state index contributed by atoms with van der Waals surface area (Å²) in [6.45, 7) is 6.72. The van der Waals surface area contributed by atoms with Gasteiger partial charge in [0.15, 0.2) is 0 Å². The quantitative estimate of drug-likeness (QED) is 0.904. The number of hydrogen-bond donors (Lipinski definition) is 1. The molecule has 1 aliphatic rings. The second-order valence-electron chi connectivity index (χ2n) is 6.87. The summed E-state index contributed by atoms with van der Waals surface area (Å²) >= 11 is 0. The number of hydrogen-bond acceptors (Lipinski definition) is 5. The fourth-order valence-corrected chi connectivity index (χ4v) is 2.62. The number of aliphatic hydroxyl groups excluding tert-OH is 1. The van der Waals surface area contributed by atoms with Gasteiger partial charge in [0.05, 0.1) is 25.4 Å². The highest BCUT2D eigenvalue weighted by molar-refractivity contribution is 5.68. The summed E-state index contributed by atoms with van der Waals surface area (Å²) in [5.74, 6) is 0. The minimum absolute atomic E-state index is 0.325. The molecule has 7 heteroatoms. The average Bonchev–Trinajstić information content (AvgIpc) is 2.88. The minimum atomic E-state index is -0.669. The summed E-state index contributed by atoms with van der Waals surface area (Å²) < 4.78 is 12.7. The van der Waals surface area contributed by atoms with Gasteiger partial charge in [-0.05, 0) is 39.7 Å². The summed E-state index contributed by atoms with van der Waals surface area (Å²) in [4.78, 5) is 13.9. The predicted octanol–water partition coefficient (Wildman–Crippen LogP) is 1.35. The van der Waals surface area contributed by atoms with Gasteiger partial charge in [-0.25, -0.2) is 4.79 Å². The lowest BCUT2D eigenvalue weighted by Crippen LogP contribution is -2.55. The summed E-state index contributed by atoms with van der Waals surface area (Å²) in [7, 11) is 1.87. The van der Waals surface area contributed by atoms with Gasteiger partial charge in [0.2, 0.25) is 0 Å². The Morgan fingerprint density at radius 2 is 2.30 bits per heavy atom. The predicted molar refractivity (Wildman–Crippen MR) is 85.1 cm³/mol. The van der Waals surface area contributed by atoms with Crippen molar-refractivity contribution in [1.29, 1.82) is 0 Å². The summed E-state index contributed by atoms with van der Waals surface area (Å²) in [6.07, 6.45) is 1.89. The molecule has 1 fully saturated rings. The van der Waals surface area contributed by atoms with E-state index in [1.54, 1.807) is 15.8 Å². The van der Waals surface area contributed by atoms with Crippen molar-refractivity contribution >= 4 is 6.09 Å². The molecule has 0 aliphatic carbocycles. The normalized spacial score (nSPS) is 20.4. The third kappa shape index (κ3) is 4.94. The number of aliphatic hydroxyl groups is 1. The Morgan fingerprint density at radius 3 is 2.91 bits per heavy atom. The lowest BCUT2D eigenvalue weighted by Gasteiger charge is -2.38. The molecule has 2 heterocycles. The molecule has 1 saturated heterocycles. The van der Waals surface area contributed by atoms with E-state index in [0.717, 1.165) is 5.69 Å². The van der Waals surface area contributed by atoms with E-state index in [0.29, 0.717) is 32.6 Å². The maximum atomic E-state index is 12.3. The molecule has 7 nitrogen and oxygen atoms in total. The molecule has 2 atom stereocenters. The number of nitrogens with zero attached hydrogens (tertiary/aromatic N) is 3. The molecule has 0 radical (unpaired) electrons. The molecule has 2 unspecified atom stereocenters. The molecular weight excluding hydrogens is 298 g/mol. The van der Waals surface area contributed by atoms with Crippen LogP contribution in [0.15, 0.2) is 12.3 Å². The van der Waals surface area contributed by atoms with Crippen molar-refractivity contribution in [3.63, 3.8) is 0 Å². The van der Waals surface area contributed by atoms with Crippen LogP contribution in [-0.2, 0) is 22.9 Å². The highest BCUT2D eigenvalue weighted by Crippen LogP contribution is 2.19. The van der Waals surface area contributed by atoms with Gasteiger partial charge >= 0.3 is 6.09 Å². The summed E-state index contributed by atoms with van der Waals surface area (Å²) in [5, 5.41) is 14.6. The Hall–Kier alpha value is -1.60. The van der Waals surface area contributed by atoms with Gasteiger partial charge in [-0.3, -0.25) is 9.58 Å². The van der Waals surface area contributed by atoms with Crippen molar-refractivity contribution in [2.75, 3.05) is 19.8 Å².